The third kappa shape index (κ3) is 5.91. The molecule has 0 radical (unpaired) electrons. The summed E-state index contributed by atoms with van der Waals surface area (Å²) in [4.78, 5) is 0. The van der Waals surface area contributed by atoms with Crippen molar-refractivity contribution in [2.24, 2.45) is 0 Å². The molecule has 6 heteroatoms. The van der Waals surface area contributed by atoms with Crippen molar-refractivity contribution >= 4 is 0 Å². The van der Waals surface area contributed by atoms with Gasteiger partial charge in [0, 0.05) is 20.3 Å². The van der Waals surface area contributed by atoms with Crippen molar-refractivity contribution in [2.45, 2.75) is 18.9 Å². The first kappa shape index (κ1) is 20.0. The third-order valence-electron chi connectivity index (χ3n) is 3.90. The minimum atomic E-state index is -0.580. The summed E-state index contributed by atoms with van der Waals surface area (Å²) in [5.41, 5.74) is 1.82. The Labute approximate surface area is 154 Å². The maximum atomic E-state index is 10.5. The number of hydrogen-bond donors (Lipinski definition) is 1. The lowest BCUT2D eigenvalue weighted by atomic mass is 10.0. The highest BCUT2D eigenvalue weighted by Gasteiger charge is 2.12. The molecule has 0 fully saturated rings. The van der Waals surface area contributed by atoms with Gasteiger partial charge >= 0.3 is 0 Å². The molecule has 0 saturated heterocycles. The van der Waals surface area contributed by atoms with E-state index in [1.165, 1.54) is 0 Å². The number of rotatable bonds is 11. The summed E-state index contributed by atoms with van der Waals surface area (Å²) in [6, 6.07) is 13.0. The molecule has 0 amide bonds. The van der Waals surface area contributed by atoms with Crippen LogP contribution in [0.25, 0.3) is 0 Å². The second kappa shape index (κ2) is 10.7. The molecular weight excluding hydrogens is 336 g/mol. The molecule has 2 rings (SSSR count). The lowest BCUT2D eigenvalue weighted by Crippen LogP contribution is -2.05. The number of hydrogen-bond acceptors (Lipinski definition) is 6. The first-order valence-corrected chi connectivity index (χ1v) is 8.36. The van der Waals surface area contributed by atoms with E-state index in [2.05, 4.69) is 0 Å². The number of aliphatic hydroxyl groups is 1. The largest absolute Gasteiger partial charge is 0.497 e. The predicted molar refractivity (Wildman–Crippen MR) is 97.7 cm³/mol. The Morgan fingerprint density at radius 2 is 1.50 bits per heavy atom. The van der Waals surface area contributed by atoms with Gasteiger partial charge in [-0.15, -0.1) is 0 Å². The summed E-state index contributed by atoms with van der Waals surface area (Å²) in [6.45, 7) is 0.356. The van der Waals surface area contributed by atoms with Crippen LogP contribution in [-0.4, -0.2) is 40.0 Å². The average Bonchev–Trinajstić information content (AvgIpc) is 2.69. The quantitative estimate of drug-likeness (QED) is 0.619. The summed E-state index contributed by atoms with van der Waals surface area (Å²) >= 11 is 0. The summed E-state index contributed by atoms with van der Waals surface area (Å²) in [7, 11) is 4.75. The lowest BCUT2D eigenvalue weighted by molar-refractivity contribution is 0.0501. The fourth-order valence-electron chi connectivity index (χ4n) is 2.50. The van der Waals surface area contributed by atoms with Gasteiger partial charge in [-0.1, -0.05) is 18.2 Å². The van der Waals surface area contributed by atoms with E-state index in [1.807, 2.05) is 42.5 Å². The van der Waals surface area contributed by atoms with Crippen molar-refractivity contribution in [1.82, 2.24) is 0 Å². The fourth-order valence-corrected chi connectivity index (χ4v) is 2.50. The van der Waals surface area contributed by atoms with Crippen molar-refractivity contribution in [3.8, 4) is 17.2 Å². The van der Waals surface area contributed by atoms with Crippen LogP contribution in [0.15, 0.2) is 42.5 Å². The van der Waals surface area contributed by atoms with Crippen molar-refractivity contribution in [1.29, 1.82) is 0 Å². The minimum Gasteiger partial charge on any atom is -0.497 e. The molecule has 0 aliphatic heterocycles. The highest BCUT2D eigenvalue weighted by Crippen LogP contribution is 2.28. The Kier molecular flexibility index (Phi) is 8.21. The van der Waals surface area contributed by atoms with Crippen molar-refractivity contribution < 1.29 is 28.8 Å². The zero-order valence-electron chi connectivity index (χ0n) is 15.4. The topological polar surface area (TPSA) is 66.4 Å². The molecule has 26 heavy (non-hydrogen) atoms. The van der Waals surface area contributed by atoms with Gasteiger partial charge in [-0.3, -0.25) is 0 Å². The van der Waals surface area contributed by atoms with Crippen LogP contribution in [0.5, 0.6) is 17.2 Å². The summed E-state index contributed by atoms with van der Waals surface area (Å²) in [6.07, 6.45) is 0.643. The monoisotopic (exact) mass is 362 g/mol. The predicted octanol–water partition coefficient (Wildman–Crippen LogP) is 3.33. The number of ether oxygens (including phenoxy) is 5. The van der Waals surface area contributed by atoms with Gasteiger partial charge in [0.15, 0.2) is 13.6 Å². The van der Waals surface area contributed by atoms with Crippen LogP contribution in [0.2, 0.25) is 0 Å². The van der Waals surface area contributed by atoms with Gasteiger partial charge in [0.25, 0.3) is 0 Å². The van der Waals surface area contributed by atoms with Crippen LogP contribution in [0.3, 0.4) is 0 Å². The van der Waals surface area contributed by atoms with Crippen LogP contribution in [0.1, 0.15) is 23.7 Å². The molecule has 0 heterocycles. The lowest BCUT2D eigenvalue weighted by Gasteiger charge is -2.15. The third-order valence-corrected chi connectivity index (χ3v) is 3.90. The first-order chi connectivity index (χ1) is 12.7. The molecule has 0 aromatic heterocycles. The molecular formula is C20H26O6. The summed E-state index contributed by atoms with van der Waals surface area (Å²) in [5, 5.41) is 10.5. The van der Waals surface area contributed by atoms with Gasteiger partial charge in [0.1, 0.15) is 17.2 Å². The molecule has 0 saturated carbocycles. The number of methoxy groups -OCH3 is 3. The Morgan fingerprint density at radius 3 is 2.15 bits per heavy atom. The molecule has 142 valence electrons. The smallest absolute Gasteiger partial charge is 0.188 e. The zero-order chi connectivity index (χ0) is 18.8. The Bertz CT molecular complexity index is 656. The van der Waals surface area contributed by atoms with E-state index in [9.17, 15) is 5.11 Å². The highest BCUT2D eigenvalue weighted by molar-refractivity contribution is 5.41. The SMILES string of the molecule is COCOc1ccc(C(O)CCc2ccc(OC)cc2OCOC)cc1. The van der Waals surface area contributed by atoms with Crippen LogP contribution in [-0.2, 0) is 15.9 Å². The van der Waals surface area contributed by atoms with E-state index in [4.69, 9.17) is 23.7 Å². The number of benzene rings is 2. The van der Waals surface area contributed by atoms with Crippen LogP contribution in [0.4, 0.5) is 0 Å². The van der Waals surface area contributed by atoms with Gasteiger partial charge < -0.3 is 28.8 Å². The van der Waals surface area contributed by atoms with Gasteiger partial charge in [-0.2, -0.15) is 0 Å². The van der Waals surface area contributed by atoms with E-state index in [0.29, 0.717) is 30.1 Å². The maximum Gasteiger partial charge on any atom is 0.188 e. The van der Waals surface area contributed by atoms with E-state index in [1.54, 1.807) is 21.3 Å². The van der Waals surface area contributed by atoms with Crippen molar-refractivity contribution in [3.05, 3.63) is 53.6 Å². The molecule has 0 spiro atoms. The van der Waals surface area contributed by atoms with Gasteiger partial charge in [-0.05, 0) is 42.2 Å². The number of aliphatic hydroxyl groups excluding tert-OH is 1. The molecule has 1 N–H and O–H groups in total. The maximum absolute atomic E-state index is 10.5. The van der Waals surface area contributed by atoms with Crippen LogP contribution >= 0.6 is 0 Å². The second-order valence-corrected chi connectivity index (χ2v) is 5.70. The molecule has 0 aliphatic rings. The molecule has 6 nitrogen and oxygen atoms in total. The average molecular weight is 362 g/mol. The van der Waals surface area contributed by atoms with E-state index < -0.39 is 6.10 Å². The zero-order valence-corrected chi connectivity index (χ0v) is 15.4. The molecule has 0 bridgehead atoms. The standard InChI is InChI=1S/C20H26O6/c1-22-13-25-17-8-4-15(5-9-17)19(21)11-7-16-6-10-18(24-3)12-20(16)26-14-23-2/h4-6,8-10,12,19,21H,7,11,13-14H2,1-3H3. The highest BCUT2D eigenvalue weighted by atomic mass is 16.7. The van der Waals surface area contributed by atoms with Crippen LogP contribution < -0.4 is 14.2 Å². The van der Waals surface area contributed by atoms with E-state index in [-0.39, 0.29) is 13.6 Å². The summed E-state index contributed by atoms with van der Waals surface area (Å²) in [5.74, 6) is 2.11. The Hall–Kier alpha value is -2.28. The molecule has 1 unspecified atom stereocenters. The first-order valence-electron chi connectivity index (χ1n) is 8.36. The van der Waals surface area contributed by atoms with Crippen LogP contribution in [0, 0.1) is 0 Å². The minimum absolute atomic E-state index is 0.158. The van der Waals surface area contributed by atoms with E-state index >= 15 is 0 Å². The Morgan fingerprint density at radius 1 is 0.846 bits per heavy atom. The molecule has 2 aromatic rings. The molecule has 0 aliphatic carbocycles. The normalized spacial score (nSPS) is 11.8. The van der Waals surface area contributed by atoms with E-state index in [0.717, 1.165) is 11.1 Å². The van der Waals surface area contributed by atoms with Gasteiger partial charge in [-0.25, -0.2) is 0 Å². The van der Waals surface area contributed by atoms with Gasteiger partial charge in [0.2, 0.25) is 0 Å². The molecule has 2 aromatic carbocycles. The fraction of sp³-hybridized carbons (Fsp3) is 0.400. The number of aryl methyl sites for hydroxylation is 1. The second-order valence-electron chi connectivity index (χ2n) is 5.70. The Balaban J connectivity index is 1.98. The summed E-state index contributed by atoms with van der Waals surface area (Å²) < 4.78 is 26.0. The molecule has 1 atom stereocenters. The van der Waals surface area contributed by atoms with Crippen molar-refractivity contribution in [2.75, 3.05) is 34.9 Å². The van der Waals surface area contributed by atoms with Crippen molar-refractivity contribution in [3.63, 3.8) is 0 Å². The van der Waals surface area contributed by atoms with Gasteiger partial charge in [0.05, 0.1) is 13.2 Å².